The molecule has 174 valence electrons. The Bertz CT molecular complexity index is 1260. The van der Waals surface area contributed by atoms with Crippen molar-refractivity contribution in [2.45, 2.75) is 29.7 Å². The average molecular weight is 495 g/mol. The normalized spacial score (nSPS) is 16.0. The van der Waals surface area contributed by atoms with Gasteiger partial charge in [-0.1, -0.05) is 29.4 Å². The quantitative estimate of drug-likeness (QED) is 0.524. The Labute approximate surface area is 197 Å². The topological polar surface area (TPSA) is 82.8 Å². The molecule has 4 rings (SSSR count). The van der Waals surface area contributed by atoms with Crippen LogP contribution >= 0.6 is 23.4 Å². The fourth-order valence-corrected chi connectivity index (χ4v) is 5.36. The number of benzene rings is 2. The molecule has 0 saturated carbocycles. The third-order valence-corrected chi connectivity index (χ3v) is 7.46. The van der Waals surface area contributed by atoms with E-state index in [9.17, 15) is 24.2 Å². The Hall–Kier alpha value is -2.62. The summed E-state index contributed by atoms with van der Waals surface area (Å²) in [6.07, 6.45) is 0.703. The second-order valence-electron chi connectivity index (χ2n) is 7.96. The van der Waals surface area contributed by atoms with Gasteiger partial charge in [-0.3, -0.25) is 4.79 Å². The summed E-state index contributed by atoms with van der Waals surface area (Å²) in [5.74, 6) is -3.15. The van der Waals surface area contributed by atoms with E-state index in [4.69, 9.17) is 11.6 Å². The lowest BCUT2D eigenvalue weighted by atomic mass is 10.1. The largest absolute Gasteiger partial charge is 0.478 e. The van der Waals surface area contributed by atoms with Gasteiger partial charge in [0.25, 0.3) is 0 Å². The highest BCUT2D eigenvalue weighted by atomic mass is 35.5. The lowest BCUT2D eigenvalue weighted by Gasteiger charge is -2.18. The van der Waals surface area contributed by atoms with E-state index in [0.717, 1.165) is 11.8 Å². The third-order valence-electron chi connectivity index (χ3n) is 5.91. The molecular formula is C23H21ClF2N2O4S. The van der Waals surface area contributed by atoms with E-state index in [-0.39, 0.29) is 40.4 Å². The molecule has 1 atom stereocenters. The molecule has 2 aromatic carbocycles. The molecule has 2 heterocycles. The molecule has 1 aromatic heterocycles. The van der Waals surface area contributed by atoms with Crippen molar-refractivity contribution in [2.24, 2.45) is 5.92 Å². The van der Waals surface area contributed by atoms with Crippen LogP contribution in [0, 0.1) is 24.5 Å². The highest BCUT2D eigenvalue weighted by Crippen LogP contribution is 2.41. The van der Waals surface area contributed by atoms with Crippen LogP contribution in [0.2, 0.25) is 5.02 Å². The molecule has 0 aliphatic carbocycles. The number of halogens is 3. The van der Waals surface area contributed by atoms with E-state index in [1.165, 1.54) is 28.8 Å². The molecule has 2 N–H and O–H groups in total. The van der Waals surface area contributed by atoms with Crippen LogP contribution in [0.25, 0.3) is 10.9 Å². The first-order chi connectivity index (χ1) is 15.7. The van der Waals surface area contributed by atoms with Gasteiger partial charge >= 0.3 is 5.97 Å². The Balaban J connectivity index is 1.77. The van der Waals surface area contributed by atoms with Crippen LogP contribution in [-0.4, -0.2) is 51.3 Å². The van der Waals surface area contributed by atoms with Gasteiger partial charge in [0.1, 0.15) is 6.54 Å². The van der Waals surface area contributed by atoms with Gasteiger partial charge in [0.2, 0.25) is 5.91 Å². The minimum atomic E-state index is -1.38. The van der Waals surface area contributed by atoms with E-state index < -0.39 is 23.2 Å². The maximum absolute atomic E-state index is 15.1. The Morgan fingerprint density at radius 1 is 1.21 bits per heavy atom. The Morgan fingerprint density at radius 3 is 2.64 bits per heavy atom. The smallest absolute Gasteiger partial charge is 0.338 e. The number of aliphatic hydroxyl groups excluding tert-OH is 1. The zero-order chi connectivity index (χ0) is 23.9. The SMILES string of the molecule is Cc1c(Sc2cccc(C(=O)O)c2F)c2ccc(Cl)c(F)c2n1CC(=O)N1CCC(CO)C1. The molecule has 3 aromatic rings. The summed E-state index contributed by atoms with van der Waals surface area (Å²) in [7, 11) is 0. The second-order valence-corrected chi connectivity index (χ2v) is 9.42. The molecule has 1 aliphatic heterocycles. The molecule has 0 bridgehead atoms. The highest BCUT2D eigenvalue weighted by molar-refractivity contribution is 7.99. The molecular weight excluding hydrogens is 474 g/mol. The van der Waals surface area contributed by atoms with Crippen molar-refractivity contribution in [2.75, 3.05) is 19.7 Å². The number of carbonyl (C=O) groups is 2. The lowest BCUT2D eigenvalue weighted by molar-refractivity contribution is -0.130. The summed E-state index contributed by atoms with van der Waals surface area (Å²) >= 11 is 6.99. The van der Waals surface area contributed by atoms with Gasteiger partial charge in [0.05, 0.1) is 16.1 Å². The number of carboxylic acid groups (broad SMARTS) is 1. The third kappa shape index (κ3) is 4.32. The lowest BCUT2D eigenvalue weighted by Crippen LogP contribution is -2.32. The van der Waals surface area contributed by atoms with E-state index in [2.05, 4.69) is 0 Å². The number of amides is 1. The van der Waals surface area contributed by atoms with Crippen molar-refractivity contribution in [3.8, 4) is 0 Å². The van der Waals surface area contributed by atoms with Crippen molar-refractivity contribution >= 4 is 46.1 Å². The number of carbonyl (C=O) groups excluding carboxylic acids is 1. The van der Waals surface area contributed by atoms with E-state index >= 15 is 4.39 Å². The van der Waals surface area contributed by atoms with Crippen LogP contribution in [0.3, 0.4) is 0 Å². The summed E-state index contributed by atoms with van der Waals surface area (Å²) in [5, 5.41) is 18.9. The van der Waals surface area contributed by atoms with Crippen LogP contribution in [0.1, 0.15) is 22.5 Å². The number of rotatable bonds is 6. The zero-order valence-corrected chi connectivity index (χ0v) is 19.2. The predicted octanol–water partition coefficient (Wildman–Crippen LogP) is 4.57. The number of hydrogen-bond donors (Lipinski definition) is 2. The van der Waals surface area contributed by atoms with Gasteiger partial charge in [-0.15, -0.1) is 0 Å². The number of carboxylic acids is 1. The minimum Gasteiger partial charge on any atom is -0.478 e. The first kappa shape index (κ1) is 23.5. The molecule has 0 radical (unpaired) electrons. The fraction of sp³-hybridized carbons (Fsp3) is 0.304. The molecule has 1 aliphatic rings. The summed E-state index contributed by atoms with van der Waals surface area (Å²) in [4.78, 5) is 26.5. The Kier molecular flexibility index (Phi) is 6.65. The maximum atomic E-state index is 15.1. The minimum absolute atomic E-state index is 0.00124. The molecule has 1 saturated heterocycles. The maximum Gasteiger partial charge on any atom is 0.338 e. The summed E-state index contributed by atoms with van der Waals surface area (Å²) in [6.45, 7) is 2.51. The van der Waals surface area contributed by atoms with Crippen LogP contribution in [0.4, 0.5) is 8.78 Å². The van der Waals surface area contributed by atoms with Gasteiger partial charge in [-0.25, -0.2) is 13.6 Å². The van der Waals surface area contributed by atoms with Crippen molar-refractivity contribution in [3.63, 3.8) is 0 Å². The number of aliphatic hydroxyl groups is 1. The molecule has 1 unspecified atom stereocenters. The van der Waals surface area contributed by atoms with Crippen molar-refractivity contribution in [3.05, 3.63) is 58.2 Å². The summed E-state index contributed by atoms with van der Waals surface area (Å²) in [5.41, 5.74) is 0.198. The summed E-state index contributed by atoms with van der Waals surface area (Å²) < 4.78 is 31.4. The van der Waals surface area contributed by atoms with Gasteiger partial charge in [-0.2, -0.15) is 0 Å². The molecule has 6 nitrogen and oxygen atoms in total. The molecule has 10 heteroatoms. The number of fused-ring (bicyclic) bond motifs is 1. The highest BCUT2D eigenvalue weighted by Gasteiger charge is 2.28. The van der Waals surface area contributed by atoms with Crippen LogP contribution < -0.4 is 0 Å². The van der Waals surface area contributed by atoms with Crippen molar-refractivity contribution in [1.29, 1.82) is 0 Å². The van der Waals surface area contributed by atoms with Crippen LogP contribution in [0.15, 0.2) is 40.1 Å². The van der Waals surface area contributed by atoms with E-state index in [1.54, 1.807) is 17.9 Å². The zero-order valence-electron chi connectivity index (χ0n) is 17.6. The van der Waals surface area contributed by atoms with Crippen molar-refractivity contribution < 1.29 is 28.6 Å². The second kappa shape index (κ2) is 9.32. The van der Waals surface area contributed by atoms with Crippen LogP contribution in [-0.2, 0) is 11.3 Å². The fourth-order valence-electron chi connectivity index (χ4n) is 4.11. The number of nitrogens with zero attached hydrogens (tertiary/aromatic N) is 2. The van der Waals surface area contributed by atoms with E-state index in [1.807, 2.05) is 0 Å². The van der Waals surface area contributed by atoms with Crippen LogP contribution in [0.5, 0.6) is 0 Å². The number of aromatic carboxylic acids is 1. The number of likely N-dealkylation sites (tertiary alicyclic amines) is 1. The van der Waals surface area contributed by atoms with E-state index in [0.29, 0.717) is 35.5 Å². The standard InChI is InChI=1S/C23H21ClF2N2O4S/c1-12-22(33-17-4-2-3-14(19(17)25)23(31)32)15-5-6-16(24)20(26)21(15)28(12)10-18(30)27-8-7-13(9-27)11-29/h2-6,13,29H,7-11H2,1H3,(H,31,32). The average Bonchev–Trinajstić information content (AvgIpc) is 3.37. The van der Waals surface area contributed by atoms with Gasteiger partial charge in [0.15, 0.2) is 11.6 Å². The van der Waals surface area contributed by atoms with Crippen molar-refractivity contribution in [1.82, 2.24) is 9.47 Å². The first-order valence-electron chi connectivity index (χ1n) is 10.3. The molecule has 1 fully saturated rings. The molecule has 0 spiro atoms. The predicted molar refractivity (Wildman–Crippen MR) is 121 cm³/mol. The monoisotopic (exact) mass is 494 g/mol. The first-order valence-corrected chi connectivity index (χ1v) is 11.5. The number of hydrogen-bond acceptors (Lipinski definition) is 4. The van der Waals surface area contributed by atoms with Gasteiger partial charge < -0.3 is 19.7 Å². The van der Waals surface area contributed by atoms with Gasteiger partial charge in [-0.05, 0) is 37.6 Å². The summed E-state index contributed by atoms with van der Waals surface area (Å²) in [6, 6.07) is 7.06. The van der Waals surface area contributed by atoms with Gasteiger partial charge in [0, 0.05) is 46.5 Å². The molecule has 1 amide bonds. The molecule has 33 heavy (non-hydrogen) atoms. The Morgan fingerprint density at radius 2 is 1.97 bits per heavy atom. The number of aromatic nitrogens is 1.